The van der Waals surface area contributed by atoms with Crippen LogP contribution in [0.25, 0.3) is 0 Å². The van der Waals surface area contributed by atoms with Crippen LogP contribution in [-0.2, 0) is 24.2 Å². The summed E-state index contributed by atoms with van der Waals surface area (Å²) >= 11 is 0. The number of halogens is 1. The third-order valence-electron chi connectivity index (χ3n) is 5.83. The second kappa shape index (κ2) is 12.4. The van der Waals surface area contributed by atoms with Crippen LogP contribution in [0.2, 0.25) is 0 Å². The van der Waals surface area contributed by atoms with Crippen LogP contribution < -0.4 is 15.0 Å². The van der Waals surface area contributed by atoms with Gasteiger partial charge in [-0.05, 0) is 65.7 Å². The summed E-state index contributed by atoms with van der Waals surface area (Å²) in [4.78, 5) is 32.1. The molecule has 1 aromatic heterocycles. The van der Waals surface area contributed by atoms with Gasteiger partial charge in [0.15, 0.2) is 0 Å². The van der Waals surface area contributed by atoms with Crippen molar-refractivity contribution in [2.45, 2.75) is 19.4 Å². The molecule has 0 fully saturated rings. The van der Waals surface area contributed by atoms with Gasteiger partial charge in [-0.25, -0.2) is 4.39 Å². The van der Waals surface area contributed by atoms with Gasteiger partial charge in [-0.1, -0.05) is 36.4 Å². The fourth-order valence-electron chi connectivity index (χ4n) is 3.92. The molecule has 0 radical (unpaired) electrons. The van der Waals surface area contributed by atoms with Crippen molar-refractivity contribution in [2.24, 2.45) is 0 Å². The van der Waals surface area contributed by atoms with Crippen molar-refractivity contribution in [1.82, 2.24) is 10.3 Å². The molecule has 0 bridgehead atoms. The molecule has 4 rings (SSSR count). The highest BCUT2D eigenvalue weighted by Crippen LogP contribution is 2.24. The van der Waals surface area contributed by atoms with Gasteiger partial charge < -0.3 is 15.0 Å². The third kappa shape index (κ3) is 7.24. The summed E-state index contributed by atoms with van der Waals surface area (Å²) < 4.78 is 18.8. The van der Waals surface area contributed by atoms with E-state index >= 15 is 0 Å². The average Bonchev–Trinajstić information content (AvgIpc) is 2.93. The molecule has 3 aromatic carbocycles. The smallest absolute Gasteiger partial charge is 0.258 e. The SMILES string of the molecule is COc1cccc(C(=O)N(Cc2ccc(F)cc2)c2cccc(CC(=O)NCCc3ccccn3)c2)c1. The number of hydrogen-bond donors (Lipinski definition) is 1. The number of rotatable bonds is 10. The summed E-state index contributed by atoms with van der Waals surface area (Å²) in [5, 5.41) is 2.93. The van der Waals surface area contributed by atoms with E-state index in [0.29, 0.717) is 30.0 Å². The lowest BCUT2D eigenvalue weighted by Crippen LogP contribution is -2.31. The minimum atomic E-state index is -0.342. The van der Waals surface area contributed by atoms with Crippen molar-refractivity contribution in [3.63, 3.8) is 0 Å². The summed E-state index contributed by atoms with van der Waals surface area (Å²) in [6.45, 7) is 0.719. The van der Waals surface area contributed by atoms with Crippen molar-refractivity contribution in [1.29, 1.82) is 0 Å². The van der Waals surface area contributed by atoms with Crippen molar-refractivity contribution < 1.29 is 18.7 Å². The van der Waals surface area contributed by atoms with Gasteiger partial charge >= 0.3 is 0 Å². The summed E-state index contributed by atoms with van der Waals surface area (Å²) in [7, 11) is 1.55. The standard InChI is InChI=1S/C30H28FN3O3/c1-37-28-10-5-7-24(20-28)30(36)34(21-22-11-13-25(31)14-12-22)27-9-4-6-23(18-27)19-29(35)33-17-15-26-8-2-3-16-32-26/h2-14,16,18,20H,15,17,19,21H2,1H3,(H,33,35). The number of carbonyl (C=O) groups is 2. The van der Waals surface area contributed by atoms with E-state index < -0.39 is 0 Å². The van der Waals surface area contributed by atoms with Crippen LogP contribution in [0.4, 0.5) is 10.1 Å². The molecule has 0 atom stereocenters. The van der Waals surface area contributed by atoms with Gasteiger partial charge in [0.2, 0.25) is 5.91 Å². The second-order valence-electron chi connectivity index (χ2n) is 8.52. The average molecular weight is 498 g/mol. The van der Waals surface area contributed by atoms with Crippen LogP contribution in [0.1, 0.15) is 27.2 Å². The monoisotopic (exact) mass is 497 g/mol. The number of amides is 2. The van der Waals surface area contributed by atoms with E-state index in [9.17, 15) is 14.0 Å². The zero-order chi connectivity index (χ0) is 26.0. The van der Waals surface area contributed by atoms with Gasteiger partial charge in [0.05, 0.1) is 20.1 Å². The minimum absolute atomic E-state index is 0.114. The third-order valence-corrected chi connectivity index (χ3v) is 5.83. The zero-order valence-corrected chi connectivity index (χ0v) is 20.6. The number of pyridine rings is 1. The maximum atomic E-state index is 13.6. The first-order valence-electron chi connectivity index (χ1n) is 12.0. The molecule has 0 unspecified atom stereocenters. The van der Waals surface area contributed by atoms with Crippen molar-refractivity contribution in [2.75, 3.05) is 18.6 Å². The predicted molar refractivity (Wildman–Crippen MR) is 141 cm³/mol. The molecule has 0 saturated heterocycles. The number of nitrogens with one attached hydrogen (secondary N) is 1. The highest BCUT2D eigenvalue weighted by atomic mass is 19.1. The lowest BCUT2D eigenvalue weighted by Gasteiger charge is -2.24. The first kappa shape index (κ1) is 25.6. The number of aromatic nitrogens is 1. The summed E-state index contributed by atoms with van der Waals surface area (Å²) in [5.74, 6) is -0.119. The van der Waals surface area contributed by atoms with E-state index in [-0.39, 0.29) is 30.6 Å². The first-order chi connectivity index (χ1) is 18.0. The number of anilines is 1. The Morgan fingerprint density at radius 1 is 0.919 bits per heavy atom. The second-order valence-corrected chi connectivity index (χ2v) is 8.52. The van der Waals surface area contributed by atoms with Crippen LogP contribution in [-0.4, -0.2) is 30.5 Å². The molecule has 1 heterocycles. The Morgan fingerprint density at radius 3 is 2.49 bits per heavy atom. The number of ether oxygens (including phenoxy) is 1. The molecule has 4 aromatic rings. The van der Waals surface area contributed by atoms with Crippen molar-refractivity contribution >= 4 is 17.5 Å². The zero-order valence-electron chi connectivity index (χ0n) is 20.6. The highest BCUT2D eigenvalue weighted by molar-refractivity contribution is 6.06. The lowest BCUT2D eigenvalue weighted by atomic mass is 10.1. The molecular weight excluding hydrogens is 469 g/mol. The normalized spacial score (nSPS) is 10.5. The quantitative estimate of drug-likeness (QED) is 0.336. The maximum Gasteiger partial charge on any atom is 0.258 e. The fraction of sp³-hybridized carbons (Fsp3) is 0.167. The molecule has 37 heavy (non-hydrogen) atoms. The van der Waals surface area contributed by atoms with Crippen LogP contribution in [0.15, 0.2) is 97.2 Å². The molecule has 0 aliphatic carbocycles. The minimum Gasteiger partial charge on any atom is -0.497 e. The highest BCUT2D eigenvalue weighted by Gasteiger charge is 2.20. The molecule has 6 nitrogen and oxygen atoms in total. The van der Waals surface area contributed by atoms with E-state index in [4.69, 9.17) is 4.74 Å². The fourth-order valence-corrected chi connectivity index (χ4v) is 3.92. The topological polar surface area (TPSA) is 71.5 Å². The van der Waals surface area contributed by atoms with Crippen LogP contribution in [0.5, 0.6) is 5.75 Å². The molecule has 0 saturated carbocycles. The molecule has 188 valence electrons. The number of methoxy groups -OCH3 is 1. The van der Waals surface area contributed by atoms with E-state index in [0.717, 1.165) is 16.8 Å². The summed E-state index contributed by atoms with van der Waals surface area (Å²) in [5.41, 5.74) is 3.55. The Bertz CT molecular complexity index is 1340. The lowest BCUT2D eigenvalue weighted by molar-refractivity contribution is -0.120. The molecule has 1 N–H and O–H groups in total. The van der Waals surface area contributed by atoms with Crippen LogP contribution in [0, 0.1) is 5.82 Å². The summed E-state index contributed by atoms with van der Waals surface area (Å²) in [6, 6.07) is 26.0. The van der Waals surface area contributed by atoms with Crippen molar-refractivity contribution in [3.8, 4) is 5.75 Å². The Balaban J connectivity index is 1.51. The number of carbonyl (C=O) groups excluding carboxylic acids is 2. The number of nitrogens with zero attached hydrogens (tertiary/aromatic N) is 2. The largest absolute Gasteiger partial charge is 0.497 e. The Hall–Kier alpha value is -4.52. The molecule has 2 amide bonds. The van der Waals surface area contributed by atoms with Gasteiger partial charge in [-0.2, -0.15) is 0 Å². The van der Waals surface area contributed by atoms with Gasteiger partial charge in [-0.3, -0.25) is 14.6 Å². The van der Waals surface area contributed by atoms with E-state index in [1.54, 1.807) is 54.6 Å². The van der Waals surface area contributed by atoms with E-state index in [1.165, 1.54) is 12.1 Å². The maximum absolute atomic E-state index is 13.6. The number of benzene rings is 3. The first-order valence-corrected chi connectivity index (χ1v) is 12.0. The predicted octanol–water partition coefficient (Wildman–Crippen LogP) is 4.98. The van der Waals surface area contributed by atoms with Gasteiger partial charge in [0, 0.05) is 36.1 Å². The molecule has 0 aliphatic heterocycles. The molecule has 7 heteroatoms. The van der Waals surface area contributed by atoms with E-state index in [1.807, 2.05) is 42.5 Å². The Kier molecular flexibility index (Phi) is 8.60. The van der Waals surface area contributed by atoms with Gasteiger partial charge in [-0.15, -0.1) is 0 Å². The van der Waals surface area contributed by atoms with E-state index in [2.05, 4.69) is 10.3 Å². The molecule has 0 spiro atoms. The van der Waals surface area contributed by atoms with Gasteiger partial charge in [0.1, 0.15) is 11.6 Å². The molecular formula is C30H28FN3O3. The van der Waals surface area contributed by atoms with Crippen LogP contribution in [0.3, 0.4) is 0 Å². The molecule has 0 aliphatic rings. The van der Waals surface area contributed by atoms with Gasteiger partial charge in [0.25, 0.3) is 5.91 Å². The number of hydrogen-bond acceptors (Lipinski definition) is 4. The van der Waals surface area contributed by atoms with Crippen LogP contribution >= 0.6 is 0 Å². The summed E-state index contributed by atoms with van der Waals surface area (Å²) in [6.07, 6.45) is 2.55. The van der Waals surface area contributed by atoms with Crippen molar-refractivity contribution in [3.05, 3.63) is 125 Å². The Labute approximate surface area is 215 Å². The Morgan fingerprint density at radius 2 is 1.73 bits per heavy atom.